The Hall–Kier alpha value is -2.47. The van der Waals surface area contributed by atoms with E-state index in [2.05, 4.69) is 28.4 Å². The van der Waals surface area contributed by atoms with Crippen molar-refractivity contribution in [2.75, 3.05) is 30.4 Å². The van der Waals surface area contributed by atoms with Crippen LogP contribution in [-0.2, 0) is 20.0 Å². The molecule has 1 aromatic carbocycles. The molecule has 0 amide bonds. The highest BCUT2D eigenvalue weighted by Gasteiger charge is 2.48. The number of nitriles is 1. The van der Waals surface area contributed by atoms with Crippen LogP contribution in [0.4, 0.5) is 5.82 Å². The normalized spacial score (nSPS) is 20.2. The lowest BCUT2D eigenvalue weighted by Gasteiger charge is -2.34. The molecule has 2 fully saturated rings. The zero-order valence-electron chi connectivity index (χ0n) is 17.2. The molecule has 1 saturated heterocycles. The molecule has 0 radical (unpaired) electrons. The molecule has 4 rings (SSSR count). The minimum atomic E-state index is -3.65. The average molecular weight is 459 g/mol. The molecule has 162 valence electrons. The Kier molecular flexibility index (Phi) is 5.77. The molecular weight excluding hydrogens is 436 g/mol. The summed E-state index contributed by atoms with van der Waals surface area (Å²) in [5, 5.41) is 9.58. The first-order valence-electron chi connectivity index (χ1n) is 10.1. The lowest BCUT2D eigenvalue weighted by Crippen LogP contribution is -2.44. The SMILES string of the molecule is C=CCS(=O)(=O)c1cc(C2(c3cc(N4CCOC[C@@H]4C)nc(Cl)n3)CC2)ccc1C#N. The van der Waals surface area contributed by atoms with Gasteiger partial charge in [0, 0.05) is 18.0 Å². The maximum absolute atomic E-state index is 12.7. The largest absolute Gasteiger partial charge is 0.377 e. The zero-order chi connectivity index (χ0) is 22.2. The van der Waals surface area contributed by atoms with Gasteiger partial charge in [-0.2, -0.15) is 5.26 Å². The van der Waals surface area contributed by atoms with Crippen LogP contribution >= 0.6 is 11.6 Å². The van der Waals surface area contributed by atoms with Gasteiger partial charge in [0.15, 0.2) is 9.84 Å². The first-order valence-corrected chi connectivity index (χ1v) is 12.1. The fourth-order valence-corrected chi connectivity index (χ4v) is 5.52. The summed E-state index contributed by atoms with van der Waals surface area (Å²) in [4.78, 5) is 11.1. The molecule has 31 heavy (non-hydrogen) atoms. The summed E-state index contributed by atoms with van der Waals surface area (Å²) in [6.45, 7) is 7.53. The third-order valence-electron chi connectivity index (χ3n) is 5.91. The van der Waals surface area contributed by atoms with Crippen LogP contribution in [0.2, 0.25) is 5.28 Å². The molecular formula is C22H23ClN4O3S. The molecule has 2 aromatic rings. The Labute approximate surface area is 187 Å². The van der Waals surface area contributed by atoms with Gasteiger partial charge >= 0.3 is 0 Å². The fraction of sp³-hybridized carbons (Fsp3) is 0.409. The van der Waals surface area contributed by atoms with Crippen LogP contribution in [0.5, 0.6) is 0 Å². The quantitative estimate of drug-likeness (QED) is 0.484. The smallest absolute Gasteiger partial charge is 0.224 e. The molecule has 0 bridgehead atoms. The number of hydrogen-bond acceptors (Lipinski definition) is 7. The van der Waals surface area contributed by atoms with Gasteiger partial charge in [0.1, 0.15) is 11.9 Å². The monoisotopic (exact) mass is 458 g/mol. The summed E-state index contributed by atoms with van der Waals surface area (Å²) in [6, 6.07) is 9.08. The molecule has 0 N–H and O–H groups in total. The molecule has 1 aliphatic carbocycles. The number of benzene rings is 1. The third kappa shape index (κ3) is 4.05. The van der Waals surface area contributed by atoms with Crippen molar-refractivity contribution in [1.82, 2.24) is 9.97 Å². The van der Waals surface area contributed by atoms with Crippen molar-refractivity contribution in [2.24, 2.45) is 0 Å². The highest BCUT2D eigenvalue weighted by atomic mass is 35.5. The van der Waals surface area contributed by atoms with E-state index < -0.39 is 15.3 Å². The van der Waals surface area contributed by atoms with E-state index >= 15 is 0 Å². The van der Waals surface area contributed by atoms with Crippen molar-refractivity contribution in [3.8, 4) is 6.07 Å². The van der Waals surface area contributed by atoms with Gasteiger partial charge in [-0.15, -0.1) is 6.58 Å². The number of aromatic nitrogens is 2. The molecule has 1 saturated carbocycles. The van der Waals surface area contributed by atoms with Gasteiger partial charge < -0.3 is 9.64 Å². The van der Waals surface area contributed by atoms with Gasteiger partial charge in [-0.25, -0.2) is 18.4 Å². The molecule has 1 aliphatic heterocycles. The Morgan fingerprint density at radius 1 is 1.39 bits per heavy atom. The summed E-state index contributed by atoms with van der Waals surface area (Å²) in [5.41, 5.74) is 1.26. The Balaban J connectivity index is 1.78. The number of sulfone groups is 1. The van der Waals surface area contributed by atoms with Gasteiger partial charge in [-0.05, 0) is 49.1 Å². The lowest BCUT2D eigenvalue weighted by atomic mass is 9.91. The van der Waals surface area contributed by atoms with Crippen LogP contribution in [0.3, 0.4) is 0 Å². The second-order valence-corrected chi connectivity index (χ2v) is 10.3. The number of hydrogen-bond donors (Lipinski definition) is 0. The summed E-state index contributed by atoms with van der Waals surface area (Å²) in [5.74, 6) is 0.515. The maximum Gasteiger partial charge on any atom is 0.224 e. The van der Waals surface area contributed by atoms with Crippen LogP contribution in [0.15, 0.2) is 41.8 Å². The molecule has 2 aliphatic rings. The third-order valence-corrected chi connectivity index (χ3v) is 7.77. The number of morpholine rings is 1. The van der Waals surface area contributed by atoms with E-state index in [-0.39, 0.29) is 27.5 Å². The Morgan fingerprint density at radius 2 is 2.16 bits per heavy atom. The van der Waals surface area contributed by atoms with E-state index in [1.807, 2.05) is 18.2 Å². The van der Waals surface area contributed by atoms with E-state index in [9.17, 15) is 13.7 Å². The molecule has 9 heteroatoms. The second kappa shape index (κ2) is 8.23. The summed E-state index contributed by atoms with van der Waals surface area (Å²) < 4.78 is 30.9. The van der Waals surface area contributed by atoms with Gasteiger partial charge in [-0.3, -0.25) is 0 Å². The highest BCUT2D eigenvalue weighted by molar-refractivity contribution is 7.91. The predicted molar refractivity (Wildman–Crippen MR) is 118 cm³/mol. The standard InChI is InChI=1S/C22H23ClN4O3S/c1-3-10-31(28,29)18-11-17(5-4-16(18)13-24)22(6-7-22)19-12-20(26-21(23)25-19)27-8-9-30-14-15(27)2/h3-5,11-12,15H,1,6-10,14H2,2H3/t15-/m0/s1. The summed E-state index contributed by atoms with van der Waals surface area (Å²) in [6.07, 6.45) is 2.95. The minimum absolute atomic E-state index is 0.0286. The highest BCUT2D eigenvalue weighted by Crippen LogP contribution is 2.53. The van der Waals surface area contributed by atoms with Crippen molar-refractivity contribution in [3.05, 3.63) is 59.0 Å². The summed E-state index contributed by atoms with van der Waals surface area (Å²) >= 11 is 6.30. The van der Waals surface area contributed by atoms with E-state index in [0.717, 1.165) is 29.9 Å². The van der Waals surface area contributed by atoms with Gasteiger partial charge in [0.2, 0.25) is 5.28 Å². The predicted octanol–water partition coefficient (Wildman–Crippen LogP) is 3.27. The van der Waals surface area contributed by atoms with Crippen molar-refractivity contribution in [2.45, 2.75) is 36.1 Å². The van der Waals surface area contributed by atoms with Gasteiger partial charge in [0.05, 0.1) is 41.2 Å². The molecule has 0 spiro atoms. The molecule has 7 nitrogen and oxygen atoms in total. The van der Waals surface area contributed by atoms with Crippen LogP contribution in [-0.4, -0.2) is 49.9 Å². The lowest BCUT2D eigenvalue weighted by molar-refractivity contribution is 0.0985. The number of nitrogens with zero attached hydrogens (tertiary/aromatic N) is 4. The Bertz CT molecular complexity index is 1170. The molecule has 2 heterocycles. The van der Waals surface area contributed by atoms with Crippen LogP contribution in [0.1, 0.15) is 36.6 Å². The van der Waals surface area contributed by atoms with Crippen LogP contribution in [0.25, 0.3) is 0 Å². The van der Waals surface area contributed by atoms with Crippen molar-refractivity contribution in [3.63, 3.8) is 0 Å². The molecule has 0 unspecified atom stereocenters. The van der Waals surface area contributed by atoms with Crippen LogP contribution < -0.4 is 4.90 Å². The van der Waals surface area contributed by atoms with Gasteiger partial charge in [-0.1, -0.05) is 12.1 Å². The van der Waals surface area contributed by atoms with Gasteiger partial charge in [0.25, 0.3) is 0 Å². The maximum atomic E-state index is 12.7. The minimum Gasteiger partial charge on any atom is -0.377 e. The van der Waals surface area contributed by atoms with E-state index in [4.69, 9.17) is 16.3 Å². The molecule has 1 aromatic heterocycles. The number of rotatable bonds is 6. The number of ether oxygens (including phenoxy) is 1. The van der Waals surface area contributed by atoms with E-state index in [1.165, 1.54) is 6.08 Å². The van der Waals surface area contributed by atoms with Crippen molar-refractivity contribution in [1.29, 1.82) is 5.26 Å². The first kappa shape index (κ1) is 21.8. The average Bonchev–Trinajstić information content (AvgIpc) is 3.55. The number of halogens is 1. The van der Waals surface area contributed by atoms with E-state index in [1.54, 1.807) is 12.1 Å². The Morgan fingerprint density at radius 3 is 2.81 bits per heavy atom. The number of anilines is 1. The second-order valence-electron chi connectivity index (χ2n) is 7.97. The van der Waals surface area contributed by atoms with Crippen molar-refractivity contribution >= 4 is 27.3 Å². The van der Waals surface area contributed by atoms with Crippen LogP contribution in [0, 0.1) is 11.3 Å². The summed E-state index contributed by atoms with van der Waals surface area (Å²) in [7, 11) is -3.65. The zero-order valence-corrected chi connectivity index (χ0v) is 18.8. The molecule has 1 atom stereocenters. The van der Waals surface area contributed by atoms with Crippen molar-refractivity contribution < 1.29 is 13.2 Å². The van der Waals surface area contributed by atoms with E-state index in [0.29, 0.717) is 19.8 Å². The first-order chi connectivity index (χ1) is 14.8. The topological polar surface area (TPSA) is 96.2 Å². The fourth-order valence-electron chi connectivity index (χ4n) is 4.10.